The summed E-state index contributed by atoms with van der Waals surface area (Å²) in [5.41, 5.74) is 0.664. The van der Waals surface area contributed by atoms with E-state index in [-0.39, 0.29) is 29.4 Å². The molecule has 0 bridgehead atoms. The van der Waals surface area contributed by atoms with Crippen molar-refractivity contribution in [3.63, 3.8) is 0 Å². The van der Waals surface area contributed by atoms with Crippen molar-refractivity contribution in [1.29, 1.82) is 0 Å². The molecular weight excluding hydrogens is 707 g/mol. The van der Waals surface area contributed by atoms with E-state index in [0.29, 0.717) is 18.1 Å². The van der Waals surface area contributed by atoms with Crippen molar-refractivity contribution in [2.24, 2.45) is 11.8 Å². The van der Waals surface area contributed by atoms with Gasteiger partial charge in [-0.25, -0.2) is 0 Å². The van der Waals surface area contributed by atoms with Crippen molar-refractivity contribution in [3.05, 3.63) is 42.0 Å². The van der Waals surface area contributed by atoms with Gasteiger partial charge in [0.1, 0.15) is 5.75 Å². The summed E-state index contributed by atoms with van der Waals surface area (Å²) in [5, 5.41) is 0.126. The second-order valence-electron chi connectivity index (χ2n) is 13.8. The third-order valence-corrected chi connectivity index (χ3v) is 13.1. The van der Waals surface area contributed by atoms with Crippen LogP contribution in [0.1, 0.15) is 66.4 Å². The molecule has 3 atom stereocenters. The largest absolute Gasteiger partial charge is 0.494 e. The normalized spacial score (nSPS) is 16.6. The molecule has 0 radical (unpaired) electrons. The smallest absolute Gasteiger partial charge is 0.460 e. The fourth-order valence-electron chi connectivity index (χ4n) is 3.82. The predicted octanol–water partition coefficient (Wildman–Crippen LogP) is 11.7. The highest BCUT2D eigenvalue weighted by Crippen LogP contribution is 2.60. The summed E-state index contributed by atoms with van der Waals surface area (Å²) in [6.45, 7) is 16.9. The molecule has 49 heavy (non-hydrogen) atoms. The lowest BCUT2D eigenvalue weighted by molar-refractivity contribution is -0.440. The van der Waals surface area contributed by atoms with Gasteiger partial charge in [0.25, 0.3) is 0 Å². The minimum absolute atomic E-state index is 0.0107. The minimum Gasteiger partial charge on any atom is -0.494 e. The zero-order valence-corrected chi connectivity index (χ0v) is 29.6. The topological polar surface area (TPSA) is 27.7 Å². The van der Waals surface area contributed by atoms with Gasteiger partial charge in [0.2, 0.25) is 0 Å². The Bertz CT molecular complexity index is 1190. The molecule has 0 aliphatic rings. The zero-order valence-electron chi connectivity index (χ0n) is 28.6. The molecule has 0 unspecified atom stereocenters. The summed E-state index contributed by atoms with van der Waals surface area (Å²) in [7, 11) is -1.83. The SMILES string of the molecule is C[C@H](C/C=C/[C@H](C)[C@@H](C)OCc1ccc(OCCCC(F)(F)C(F)(F)C(F)(F)C(F)(F)C(F)(F)C(F)(F)F)cc1)CO[Si](C)(C)C(C)(C)C. The molecular formula is C32H45F13O3Si. The van der Waals surface area contributed by atoms with Crippen molar-refractivity contribution in [2.45, 2.75) is 127 Å². The van der Waals surface area contributed by atoms with Crippen LogP contribution in [0.3, 0.4) is 0 Å². The van der Waals surface area contributed by atoms with Gasteiger partial charge in [-0.3, -0.25) is 0 Å². The maximum Gasteiger partial charge on any atom is 0.460 e. The quantitative estimate of drug-likeness (QED) is 0.0610. The summed E-state index contributed by atoms with van der Waals surface area (Å²) in [6.07, 6.45) is -6.14. The standard InChI is InChI=1S/C32H45F13O3Si/c1-21(19-48-49(7,8)26(4,5)6)11-9-12-22(2)23(3)47-20-24-13-15-25(16-14-24)46-18-10-17-27(33,34)28(35,36)29(37,38)30(39,40)31(41,42)32(43,44)45/h9,12-16,21-23H,10-11,17-20H2,1-8H3/b12-9+/t21-,22+,23-/m1/s1. The van der Waals surface area contributed by atoms with Crippen LogP contribution in [0.4, 0.5) is 57.1 Å². The van der Waals surface area contributed by atoms with Gasteiger partial charge in [0, 0.05) is 13.0 Å². The molecule has 0 saturated carbocycles. The van der Waals surface area contributed by atoms with E-state index in [1.54, 1.807) is 0 Å². The number of ether oxygens (including phenoxy) is 2. The van der Waals surface area contributed by atoms with Crippen LogP contribution in [0.2, 0.25) is 18.1 Å². The molecule has 0 saturated heterocycles. The van der Waals surface area contributed by atoms with Gasteiger partial charge in [-0.2, -0.15) is 57.1 Å². The molecule has 1 aromatic carbocycles. The van der Waals surface area contributed by atoms with Crippen molar-refractivity contribution < 1.29 is 71.0 Å². The number of halogens is 13. The third-order valence-electron chi connectivity index (χ3n) is 8.59. The molecule has 0 amide bonds. The lowest BCUT2D eigenvalue weighted by Gasteiger charge is -2.39. The molecule has 0 aromatic heterocycles. The van der Waals surface area contributed by atoms with Gasteiger partial charge in [-0.1, -0.05) is 58.9 Å². The Morgan fingerprint density at radius 3 is 1.73 bits per heavy atom. The fourth-order valence-corrected chi connectivity index (χ4v) is 4.96. The second kappa shape index (κ2) is 16.1. The van der Waals surface area contributed by atoms with Crippen LogP contribution >= 0.6 is 0 Å². The molecule has 1 rings (SSSR count). The van der Waals surface area contributed by atoms with Crippen molar-refractivity contribution in [1.82, 2.24) is 0 Å². The van der Waals surface area contributed by atoms with E-state index in [4.69, 9.17) is 13.9 Å². The first-order chi connectivity index (χ1) is 21.9. The first-order valence-corrected chi connectivity index (χ1v) is 18.4. The number of hydrogen-bond donors (Lipinski definition) is 0. The van der Waals surface area contributed by atoms with E-state index in [0.717, 1.165) is 6.42 Å². The second-order valence-corrected chi connectivity index (χ2v) is 18.6. The maximum atomic E-state index is 13.9. The zero-order chi connectivity index (χ0) is 38.5. The van der Waals surface area contributed by atoms with Crippen molar-refractivity contribution >= 4 is 8.32 Å². The van der Waals surface area contributed by atoms with Crippen LogP contribution in [-0.4, -0.2) is 63.4 Å². The molecule has 0 fully saturated rings. The average Bonchev–Trinajstić information content (AvgIpc) is 2.96. The average molecular weight is 753 g/mol. The fraction of sp³-hybridized carbons (Fsp3) is 0.750. The molecule has 0 heterocycles. The number of benzene rings is 1. The summed E-state index contributed by atoms with van der Waals surface area (Å²) in [6, 6.07) is 5.75. The Labute approximate surface area is 279 Å². The first kappa shape index (κ1) is 45.0. The highest BCUT2D eigenvalue weighted by atomic mass is 28.4. The number of rotatable bonds is 19. The van der Waals surface area contributed by atoms with Gasteiger partial charge >= 0.3 is 35.8 Å². The van der Waals surface area contributed by atoms with Crippen molar-refractivity contribution in [2.75, 3.05) is 13.2 Å². The van der Waals surface area contributed by atoms with E-state index in [1.807, 2.05) is 19.9 Å². The molecule has 0 spiro atoms. The van der Waals surface area contributed by atoms with Crippen LogP contribution in [0.25, 0.3) is 0 Å². The summed E-state index contributed by atoms with van der Waals surface area (Å²) in [5.74, 6) is -36.4. The first-order valence-electron chi connectivity index (χ1n) is 15.5. The summed E-state index contributed by atoms with van der Waals surface area (Å²) in [4.78, 5) is 0. The van der Waals surface area contributed by atoms with Crippen LogP contribution in [-0.2, 0) is 15.8 Å². The van der Waals surface area contributed by atoms with Crippen LogP contribution in [0.5, 0.6) is 5.75 Å². The van der Waals surface area contributed by atoms with E-state index in [9.17, 15) is 57.1 Å². The van der Waals surface area contributed by atoms with E-state index in [1.165, 1.54) is 24.3 Å². The van der Waals surface area contributed by atoms with Crippen LogP contribution in [0.15, 0.2) is 36.4 Å². The Morgan fingerprint density at radius 1 is 0.735 bits per heavy atom. The van der Waals surface area contributed by atoms with Crippen molar-refractivity contribution in [3.8, 4) is 5.75 Å². The molecule has 286 valence electrons. The monoisotopic (exact) mass is 752 g/mol. The lowest BCUT2D eigenvalue weighted by Crippen LogP contribution is -2.70. The molecule has 0 aliphatic carbocycles. The molecule has 1 aromatic rings. The summed E-state index contributed by atoms with van der Waals surface area (Å²) < 4.78 is 189. The summed E-state index contributed by atoms with van der Waals surface area (Å²) >= 11 is 0. The molecule has 0 N–H and O–H groups in total. The van der Waals surface area contributed by atoms with Crippen LogP contribution in [0, 0.1) is 11.8 Å². The Kier molecular flexibility index (Phi) is 14.8. The number of hydrogen-bond acceptors (Lipinski definition) is 3. The highest BCUT2D eigenvalue weighted by molar-refractivity contribution is 6.74. The van der Waals surface area contributed by atoms with Gasteiger partial charge in [0.05, 0.1) is 19.3 Å². The van der Waals surface area contributed by atoms with E-state index >= 15 is 0 Å². The molecule has 17 heteroatoms. The Balaban J connectivity index is 2.62. The van der Waals surface area contributed by atoms with Gasteiger partial charge in [-0.15, -0.1) is 0 Å². The Morgan fingerprint density at radius 2 is 1.24 bits per heavy atom. The Hall–Kier alpha value is -2.01. The van der Waals surface area contributed by atoms with Crippen LogP contribution < -0.4 is 4.74 Å². The van der Waals surface area contributed by atoms with Gasteiger partial charge < -0.3 is 13.9 Å². The highest BCUT2D eigenvalue weighted by Gasteiger charge is 2.90. The molecule has 0 aliphatic heterocycles. The van der Waals surface area contributed by atoms with Gasteiger partial charge in [-0.05, 0) is 67.4 Å². The number of allylic oxidation sites excluding steroid dienone is 1. The predicted molar refractivity (Wildman–Crippen MR) is 161 cm³/mol. The number of alkyl halides is 13. The van der Waals surface area contributed by atoms with E-state index < -0.39 is 63.6 Å². The minimum atomic E-state index is -7.90. The lowest BCUT2D eigenvalue weighted by atomic mass is 9.92. The van der Waals surface area contributed by atoms with E-state index in [2.05, 4.69) is 46.9 Å². The third kappa shape index (κ3) is 10.7. The van der Waals surface area contributed by atoms with Gasteiger partial charge in [0.15, 0.2) is 8.32 Å². The maximum absolute atomic E-state index is 13.9. The molecule has 3 nitrogen and oxygen atoms in total.